The molecule has 3 fully saturated rings. The normalized spacial score (nSPS) is 23.0. The second-order valence-electron chi connectivity index (χ2n) is 9.79. The lowest BCUT2D eigenvalue weighted by molar-refractivity contribution is -0.121. The molecule has 10 nitrogen and oxygen atoms in total. The molecule has 2 unspecified atom stereocenters. The third-order valence-electron chi connectivity index (χ3n) is 7.49. The van der Waals surface area contributed by atoms with E-state index in [1.54, 1.807) is 18.5 Å². The summed E-state index contributed by atoms with van der Waals surface area (Å²) in [4.78, 5) is 40.1. The summed E-state index contributed by atoms with van der Waals surface area (Å²) in [6, 6.07) is 5.73. The van der Waals surface area contributed by atoms with Crippen LogP contribution < -0.4 is 15.5 Å². The van der Waals surface area contributed by atoms with Crippen LogP contribution in [0.15, 0.2) is 30.6 Å². The number of carboxylic acids is 1. The Balaban J connectivity index is 1.26. The number of nitrogens with zero attached hydrogens (tertiary/aromatic N) is 5. The SMILES string of the molecule is O=C(O)c1cc2cnc(Nc3ccc(N4CC5CCC(N5)C4=O)cn3)nc2n1C1CCCCCC1. The summed E-state index contributed by atoms with van der Waals surface area (Å²) in [5, 5.41) is 17.0. The molecular weight excluding hydrogens is 446 g/mol. The van der Waals surface area contributed by atoms with Crippen molar-refractivity contribution in [1.82, 2.24) is 24.8 Å². The Hall–Kier alpha value is -3.53. The monoisotopic (exact) mass is 475 g/mol. The van der Waals surface area contributed by atoms with Crippen molar-refractivity contribution in [1.29, 1.82) is 0 Å². The van der Waals surface area contributed by atoms with Crippen molar-refractivity contribution in [2.75, 3.05) is 16.8 Å². The molecule has 1 amide bonds. The minimum Gasteiger partial charge on any atom is -0.477 e. The zero-order valence-corrected chi connectivity index (χ0v) is 19.5. The number of aromatic nitrogens is 4. The van der Waals surface area contributed by atoms with Crippen LogP contribution in [0.25, 0.3) is 11.0 Å². The second kappa shape index (κ2) is 8.92. The van der Waals surface area contributed by atoms with E-state index in [0.29, 0.717) is 35.4 Å². The third-order valence-corrected chi connectivity index (χ3v) is 7.49. The summed E-state index contributed by atoms with van der Waals surface area (Å²) >= 11 is 0. The number of hydrogen-bond donors (Lipinski definition) is 3. The molecule has 10 heteroatoms. The number of carbonyl (C=O) groups excluding carboxylic acids is 1. The Labute approximate surface area is 202 Å². The van der Waals surface area contributed by atoms with Gasteiger partial charge in [-0.05, 0) is 43.9 Å². The molecule has 3 aromatic rings. The van der Waals surface area contributed by atoms with Gasteiger partial charge in [-0.25, -0.2) is 14.8 Å². The van der Waals surface area contributed by atoms with Crippen LogP contribution in [0.3, 0.4) is 0 Å². The third kappa shape index (κ3) is 4.12. The number of anilines is 3. The maximum Gasteiger partial charge on any atom is 0.352 e. The fourth-order valence-corrected chi connectivity index (χ4v) is 5.74. The lowest BCUT2D eigenvalue weighted by Gasteiger charge is -2.32. The van der Waals surface area contributed by atoms with Crippen LogP contribution in [0.1, 0.15) is 67.9 Å². The van der Waals surface area contributed by atoms with Gasteiger partial charge in [0.05, 0.1) is 17.9 Å². The molecule has 2 saturated heterocycles. The smallest absolute Gasteiger partial charge is 0.352 e. The van der Waals surface area contributed by atoms with Crippen LogP contribution in [-0.2, 0) is 4.79 Å². The fourth-order valence-electron chi connectivity index (χ4n) is 5.74. The molecule has 1 saturated carbocycles. The first kappa shape index (κ1) is 22.0. The number of rotatable bonds is 5. The Morgan fingerprint density at radius 1 is 1.06 bits per heavy atom. The van der Waals surface area contributed by atoms with Gasteiger partial charge in [0.1, 0.15) is 17.2 Å². The van der Waals surface area contributed by atoms with E-state index in [9.17, 15) is 14.7 Å². The highest BCUT2D eigenvalue weighted by atomic mass is 16.4. The summed E-state index contributed by atoms with van der Waals surface area (Å²) in [5.41, 5.74) is 1.67. The van der Waals surface area contributed by atoms with Gasteiger partial charge in [0, 0.05) is 30.2 Å². The molecule has 3 N–H and O–H groups in total. The van der Waals surface area contributed by atoms with Crippen LogP contribution >= 0.6 is 0 Å². The molecule has 6 rings (SSSR count). The average molecular weight is 476 g/mol. The molecule has 0 radical (unpaired) electrons. The van der Waals surface area contributed by atoms with E-state index in [2.05, 4.69) is 20.6 Å². The molecule has 35 heavy (non-hydrogen) atoms. The maximum absolute atomic E-state index is 12.7. The molecule has 2 bridgehead atoms. The highest BCUT2D eigenvalue weighted by Gasteiger charge is 2.39. The summed E-state index contributed by atoms with van der Waals surface area (Å²) in [5.74, 6) is 0.0714. The van der Waals surface area contributed by atoms with E-state index in [0.717, 1.165) is 44.2 Å². The zero-order chi connectivity index (χ0) is 23.9. The number of piperazine rings is 1. The highest BCUT2D eigenvalue weighted by Crippen LogP contribution is 2.33. The summed E-state index contributed by atoms with van der Waals surface area (Å²) in [6.07, 6.45) is 11.7. The topological polar surface area (TPSA) is 125 Å². The molecular formula is C25H29N7O3. The van der Waals surface area contributed by atoms with Crippen molar-refractivity contribution >= 4 is 40.4 Å². The quantitative estimate of drug-likeness (QED) is 0.478. The lowest BCUT2D eigenvalue weighted by Crippen LogP contribution is -2.55. The predicted molar refractivity (Wildman–Crippen MR) is 131 cm³/mol. The van der Waals surface area contributed by atoms with Gasteiger partial charge in [-0.3, -0.25) is 4.79 Å². The maximum atomic E-state index is 12.7. The van der Waals surface area contributed by atoms with Gasteiger partial charge in [-0.15, -0.1) is 0 Å². The number of amides is 1. The second-order valence-corrected chi connectivity index (χ2v) is 9.79. The van der Waals surface area contributed by atoms with E-state index in [4.69, 9.17) is 4.98 Å². The number of nitrogens with one attached hydrogen (secondary N) is 2. The van der Waals surface area contributed by atoms with Crippen molar-refractivity contribution in [3.8, 4) is 0 Å². The van der Waals surface area contributed by atoms with E-state index < -0.39 is 5.97 Å². The molecule has 2 atom stereocenters. The van der Waals surface area contributed by atoms with Gasteiger partial charge in [0.15, 0.2) is 0 Å². The molecule has 0 aromatic carbocycles. The first-order chi connectivity index (χ1) is 17.1. The highest BCUT2D eigenvalue weighted by molar-refractivity contribution is 5.98. The van der Waals surface area contributed by atoms with Crippen LogP contribution in [0, 0.1) is 0 Å². The van der Waals surface area contributed by atoms with Crippen molar-refractivity contribution in [2.24, 2.45) is 0 Å². The van der Waals surface area contributed by atoms with Gasteiger partial charge in [0.25, 0.3) is 0 Å². The predicted octanol–water partition coefficient (Wildman–Crippen LogP) is 3.63. The molecule has 5 heterocycles. The van der Waals surface area contributed by atoms with Crippen LogP contribution in [0.2, 0.25) is 0 Å². The molecule has 2 aliphatic heterocycles. The van der Waals surface area contributed by atoms with Gasteiger partial charge in [-0.2, -0.15) is 4.98 Å². The van der Waals surface area contributed by atoms with Crippen molar-refractivity contribution < 1.29 is 14.7 Å². The Morgan fingerprint density at radius 2 is 1.89 bits per heavy atom. The van der Waals surface area contributed by atoms with E-state index in [1.807, 2.05) is 21.6 Å². The van der Waals surface area contributed by atoms with Crippen LogP contribution in [0.5, 0.6) is 0 Å². The number of hydrogen-bond acceptors (Lipinski definition) is 7. The number of aromatic carboxylic acids is 1. The first-order valence-corrected chi connectivity index (χ1v) is 12.5. The summed E-state index contributed by atoms with van der Waals surface area (Å²) in [7, 11) is 0. The molecule has 3 aliphatic rings. The van der Waals surface area contributed by atoms with Crippen molar-refractivity contribution in [2.45, 2.75) is 69.5 Å². The molecule has 0 spiro atoms. The van der Waals surface area contributed by atoms with E-state index in [-0.39, 0.29) is 23.7 Å². The largest absolute Gasteiger partial charge is 0.477 e. The zero-order valence-electron chi connectivity index (χ0n) is 19.5. The summed E-state index contributed by atoms with van der Waals surface area (Å²) < 4.78 is 1.89. The van der Waals surface area contributed by atoms with E-state index in [1.165, 1.54) is 12.8 Å². The van der Waals surface area contributed by atoms with Crippen LogP contribution in [-0.4, -0.2) is 55.1 Å². The van der Waals surface area contributed by atoms with Crippen LogP contribution in [0.4, 0.5) is 17.5 Å². The van der Waals surface area contributed by atoms with Gasteiger partial charge in [-0.1, -0.05) is 25.7 Å². The first-order valence-electron chi connectivity index (χ1n) is 12.5. The number of carboxylic acid groups (broad SMARTS) is 1. The average Bonchev–Trinajstić information content (AvgIpc) is 3.34. The summed E-state index contributed by atoms with van der Waals surface area (Å²) in [6.45, 7) is 0.660. The Bertz CT molecular complexity index is 1260. The van der Waals surface area contributed by atoms with Gasteiger partial charge < -0.3 is 25.2 Å². The molecule has 182 valence electrons. The molecule has 3 aromatic heterocycles. The standard InChI is InChI=1S/C25H29N7O3/c33-23-19-9-7-16(28-19)14-31(23)18-8-10-21(26-13-18)29-25-27-12-15-11-20(24(34)35)32(22(15)30-25)17-5-3-1-2-4-6-17/h8,10-13,16-17,19,28H,1-7,9,14H2,(H,34,35)(H,26,27,29,30). The minimum atomic E-state index is -0.949. The van der Waals surface area contributed by atoms with Crippen molar-refractivity contribution in [3.63, 3.8) is 0 Å². The number of pyridine rings is 1. The lowest BCUT2D eigenvalue weighted by atomic mass is 10.1. The molecule has 1 aliphatic carbocycles. The number of fused-ring (bicyclic) bond motifs is 3. The Morgan fingerprint density at radius 3 is 2.63 bits per heavy atom. The fraction of sp³-hybridized carbons (Fsp3) is 0.480. The van der Waals surface area contributed by atoms with Crippen molar-refractivity contribution in [3.05, 3.63) is 36.3 Å². The Kier molecular flexibility index (Phi) is 5.60. The van der Waals surface area contributed by atoms with Gasteiger partial charge in [0.2, 0.25) is 11.9 Å². The van der Waals surface area contributed by atoms with Gasteiger partial charge >= 0.3 is 5.97 Å². The number of carbonyl (C=O) groups is 2. The van der Waals surface area contributed by atoms with E-state index >= 15 is 0 Å². The minimum absolute atomic E-state index is 0.0907.